The van der Waals surface area contributed by atoms with Gasteiger partial charge < -0.3 is 9.80 Å². The zero-order valence-corrected chi connectivity index (χ0v) is 49.5. The first kappa shape index (κ1) is 49.5. The SMILES string of the molecule is Cc1cc2c3c(cc4c([Si](c5ccccc5)(c5ccccc5)c5ccccc5)cc5c6c(cc1c3c46)B1c3ccccc3N(c3ccccc3-c3ccccc3)c3cccc-5c31)B1c3ccccc3N(c3ccccc3-c3ccccc3)c3cccc-2c31. The monoisotopic (exact) mass is 1130 g/mol. The summed E-state index contributed by atoms with van der Waals surface area (Å²) in [5.41, 5.74) is 26.8. The van der Waals surface area contributed by atoms with Gasteiger partial charge in [-0.05, 0) is 157 Å². The number of hydrogen-bond acceptors (Lipinski definition) is 2. The second-order valence-electron chi connectivity index (χ2n) is 24.5. The minimum Gasteiger partial charge on any atom is -0.311 e. The highest BCUT2D eigenvalue weighted by molar-refractivity contribution is 7.21. The lowest BCUT2D eigenvalue weighted by molar-refractivity contribution is 1.29. The van der Waals surface area contributed by atoms with Gasteiger partial charge >= 0.3 is 0 Å². The lowest BCUT2D eigenvalue weighted by Crippen LogP contribution is -2.75. The predicted octanol–water partition coefficient (Wildman–Crippen LogP) is 14.2. The van der Waals surface area contributed by atoms with Crippen molar-refractivity contribution in [3.63, 3.8) is 0 Å². The van der Waals surface area contributed by atoms with Crippen molar-refractivity contribution in [2.75, 3.05) is 9.80 Å². The van der Waals surface area contributed by atoms with Crippen LogP contribution in [0.1, 0.15) is 5.56 Å². The molecule has 15 aromatic rings. The molecule has 0 N–H and O–H groups in total. The average molecular weight is 1130 g/mol. The van der Waals surface area contributed by atoms with Crippen LogP contribution in [0.4, 0.5) is 34.1 Å². The number of nitrogens with zero attached hydrogens (tertiary/aromatic N) is 2. The highest BCUT2D eigenvalue weighted by Crippen LogP contribution is 2.51. The first-order chi connectivity index (χ1) is 43.6. The normalized spacial score (nSPS) is 13.2. The second-order valence-corrected chi connectivity index (χ2v) is 28.3. The third kappa shape index (κ3) is 6.69. The van der Waals surface area contributed by atoms with E-state index in [2.05, 4.69) is 326 Å². The maximum Gasteiger partial charge on any atom is 0.248 e. The molecule has 406 valence electrons. The van der Waals surface area contributed by atoms with Crippen molar-refractivity contribution < 1.29 is 0 Å². The lowest BCUT2D eigenvalue weighted by atomic mass is 9.31. The summed E-state index contributed by atoms with van der Waals surface area (Å²) in [5, 5.41) is 13.7. The van der Waals surface area contributed by atoms with Crippen molar-refractivity contribution in [1.82, 2.24) is 0 Å². The van der Waals surface area contributed by atoms with E-state index in [4.69, 9.17) is 0 Å². The van der Waals surface area contributed by atoms with Gasteiger partial charge in [0.2, 0.25) is 13.4 Å². The third-order valence-corrected chi connectivity index (χ3v) is 25.1. The third-order valence-electron chi connectivity index (χ3n) is 20.3. The molecule has 15 aromatic carbocycles. The summed E-state index contributed by atoms with van der Waals surface area (Å²) >= 11 is 0. The van der Waals surface area contributed by atoms with Crippen LogP contribution in [-0.4, -0.2) is 21.5 Å². The Hall–Kier alpha value is -10.7. The van der Waals surface area contributed by atoms with E-state index in [0.29, 0.717) is 0 Å². The Bertz CT molecular complexity index is 5270. The maximum atomic E-state index is 2.74. The van der Waals surface area contributed by atoms with Crippen molar-refractivity contribution in [2.45, 2.75) is 6.92 Å². The van der Waals surface area contributed by atoms with Crippen molar-refractivity contribution in [1.29, 1.82) is 0 Å². The van der Waals surface area contributed by atoms with E-state index < -0.39 is 8.07 Å². The second kappa shape index (κ2) is 18.9. The lowest BCUT2D eigenvalue weighted by Gasteiger charge is -2.43. The smallest absolute Gasteiger partial charge is 0.248 e. The molecule has 88 heavy (non-hydrogen) atoms. The summed E-state index contributed by atoms with van der Waals surface area (Å²) in [5.74, 6) is 0. The number of hydrogen-bond donors (Lipinski definition) is 0. The Morgan fingerprint density at radius 3 is 1.08 bits per heavy atom. The minimum absolute atomic E-state index is 0.0310. The van der Waals surface area contributed by atoms with Crippen LogP contribution in [0.15, 0.2) is 309 Å². The van der Waals surface area contributed by atoms with E-state index >= 15 is 0 Å². The highest BCUT2D eigenvalue weighted by atomic mass is 28.3. The molecule has 0 fully saturated rings. The number of anilines is 6. The van der Waals surface area contributed by atoms with Gasteiger partial charge in [-0.2, -0.15) is 0 Å². The van der Waals surface area contributed by atoms with Gasteiger partial charge in [0.05, 0.1) is 11.4 Å². The van der Waals surface area contributed by atoms with Crippen LogP contribution in [0.2, 0.25) is 0 Å². The van der Waals surface area contributed by atoms with Crippen molar-refractivity contribution in [3.05, 3.63) is 315 Å². The molecule has 4 aliphatic rings. The molecule has 0 atom stereocenters. The van der Waals surface area contributed by atoms with E-state index in [-0.39, 0.29) is 13.4 Å². The van der Waals surface area contributed by atoms with Crippen molar-refractivity contribution in [2.24, 2.45) is 0 Å². The van der Waals surface area contributed by atoms with Crippen molar-refractivity contribution >= 4 is 141 Å². The molecule has 0 radical (unpaired) electrons. The molecular weight excluding hydrogens is 1070 g/mol. The van der Waals surface area contributed by atoms with E-state index in [1.54, 1.807) is 0 Å². The summed E-state index contributed by atoms with van der Waals surface area (Å²) in [6.45, 7) is 2.31. The fourth-order valence-electron chi connectivity index (χ4n) is 16.9. The van der Waals surface area contributed by atoms with E-state index in [1.165, 1.54) is 170 Å². The Morgan fingerprint density at radius 1 is 0.261 bits per heavy atom. The van der Waals surface area contributed by atoms with Crippen LogP contribution in [0, 0.1) is 6.92 Å². The van der Waals surface area contributed by atoms with Gasteiger partial charge in [0, 0.05) is 33.9 Å². The van der Waals surface area contributed by atoms with E-state index in [9.17, 15) is 0 Å². The first-order valence-electron chi connectivity index (χ1n) is 31.0. The fraction of sp³-hybridized carbons (Fsp3) is 0.0120. The molecule has 0 saturated heterocycles. The molecule has 0 aliphatic carbocycles. The Kier molecular flexibility index (Phi) is 10.6. The first-order valence-corrected chi connectivity index (χ1v) is 33.0. The molecule has 0 bridgehead atoms. The fourth-order valence-corrected chi connectivity index (χ4v) is 21.9. The topological polar surface area (TPSA) is 6.48 Å². The summed E-state index contributed by atoms with van der Waals surface area (Å²) < 4.78 is 0. The molecule has 4 aliphatic heterocycles. The Balaban J connectivity index is 0.984. The van der Waals surface area contributed by atoms with Gasteiger partial charge in [0.15, 0.2) is 8.07 Å². The number of rotatable bonds is 8. The summed E-state index contributed by atoms with van der Waals surface area (Å²) in [6.07, 6.45) is 0. The molecule has 4 heterocycles. The molecule has 0 spiro atoms. The number of benzene rings is 15. The molecule has 0 amide bonds. The van der Waals surface area contributed by atoms with Gasteiger partial charge in [0.25, 0.3) is 0 Å². The van der Waals surface area contributed by atoms with Gasteiger partial charge in [-0.25, -0.2) is 0 Å². The highest BCUT2D eigenvalue weighted by Gasteiger charge is 2.49. The summed E-state index contributed by atoms with van der Waals surface area (Å²) in [7, 11) is -3.28. The number of aryl methyl sites for hydroxylation is 1. The zero-order valence-electron chi connectivity index (χ0n) is 48.5. The average Bonchev–Trinajstić information content (AvgIpc) is 0.695. The van der Waals surface area contributed by atoms with Crippen LogP contribution in [0.25, 0.3) is 76.8 Å². The van der Waals surface area contributed by atoms with Gasteiger partial charge in [-0.15, -0.1) is 0 Å². The van der Waals surface area contributed by atoms with Crippen LogP contribution >= 0.6 is 0 Å². The Morgan fingerprint density at radius 2 is 0.614 bits per heavy atom. The molecule has 0 unspecified atom stereocenters. The number of fused-ring (bicyclic) bond motifs is 8. The largest absolute Gasteiger partial charge is 0.311 e. The zero-order chi connectivity index (χ0) is 57.8. The van der Waals surface area contributed by atoms with Crippen LogP contribution in [0.5, 0.6) is 0 Å². The maximum absolute atomic E-state index is 3.28. The van der Waals surface area contributed by atoms with Crippen LogP contribution in [-0.2, 0) is 0 Å². The molecule has 0 aromatic heterocycles. The quantitative estimate of drug-likeness (QED) is 0.0850. The van der Waals surface area contributed by atoms with Gasteiger partial charge in [0.1, 0.15) is 0 Å². The predicted molar refractivity (Wildman–Crippen MR) is 379 cm³/mol. The van der Waals surface area contributed by atoms with Crippen LogP contribution < -0.4 is 63.3 Å². The molecule has 0 saturated carbocycles. The molecule has 5 heteroatoms. The standard InChI is InChI=1S/C83H54B2N2Si/c1-53-49-64-61-39-25-47-75-82(61)85(68-42-20-24-46-74(68)86(75)71-43-21-17-37-59(71)54-27-7-2-8-28-54)70-51-66-77(88(56-31-11-4-12-32-56,57-33-13-5-14-34-57)58-35-15-6-16-36-58)52-65-62-40-26-48-76-83(62)84(69-50-63(53)80(78(64)70)81(66)79(65)69)67-41-19-23-45-73(67)87(76)72-44-22-18-38-60(72)55-29-9-3-10-30-55/h2-52H,1H3. The molecular formula is C83H54B2N2Si. The number of para-hydroxylation sites is 4. The van der Waals surface area contributed by atoms with Crippen LogP contribution in [0.3, 0.4) is 0 Å². The summed E-state index contributed by atoms with van der Waals surface area (Å²) in [6, 6.07) is 118. The van der Waals surface area contributed by atoms with E-state index in [1.807, 2.05) is 0 Å². The summed E-state index contributed by atoms with van der Waals surface area (Å²) in [4.78, 5) is 5.15. The minimum atomic E-state index is -3.28. The molecule has 19 rings (SSSR count). The van der Waals surface area contributed by atoms with Gasteiger partial charge in [-0.3, -0.25) is 0 Å². The Labute approximate surface area is 514 Å². The van der Waals surface area contributed by atoms with Gasteiger partial charge in [-0.1, -0.05) is 284 Å². The van der Waals surface area contributed by atoms with E-state index in [0.717, 1.165) is 0 Å². The molecule has 2 nitrogen and oxygen atoms in total. The van der Waals surface area contributed by atoms with Crippen molar-refractivity contribution in [3.8, 4) is 44.5 Å².